The molecule has 2 N–H and O–H groups in total. The van der Waals surface area contributed by atoms with Gasteiger partial charge in [0.15, 0.2) is 0 Å². The summed E-state index contributed by atoms with van der Waals surface area (Å²) in [5.41, 5.74) is 0. The van der Waals surface area contributed by atoms with E-state index in [0.29, 0.717) is 17.4 Å². The van der Waals surface area contributed by atoms with E-state index in [2.05, 4.69) is 38.2 Å². The predicted molar refractivity (Wildman–Crippen MR) is 310 cm³/mol. The van der Waals surface area contributed by atoms with Crippen LogP contribution in [0, 0.1) is 0 Å². The van der Waals surface area contributed by atoms with Gasteiger partial charge in [-0.2, -0.15) is 0 Å². The number of likely N-dealkylation sites (N-methyl/N-ethyl adjacent to an activating group) is 1. The van der Waals surface area contributed by atoms with Gasteiger partial charge in [-0.15, -0.1) is 0 Å². The Balaban J connectivity index is 5.15. The van der Waals surface area contributed by atoms with Gasteiger partial charge in [-0.25, -0.2) is 4.57 Å². The molecule has 0 saturated carbocycles. The van der Waals surface area contributed by atoms with E-state index in [1.165, 1.54) is 205 Å². The second-order valence-corrected chi connectivity index (χ2v) is 24.0. The van der Waals surface area contributed by atoms with Crippen molar-refractivity contribution < 1.29 is 37.3 Å². The maximum atomic E-state index is 13.5. The highest BCUT2D eigenvalue weighted by molar-refractivity contribution is 7.47. The van der Waals surface area contributed by atoms with Crippen LogP contribution in [0.2, 0.25) is 0 Å². The van der Waals surface area contributed by atoms with Crippen molar-refractivity contribution in [2.75, 3.05) is 40.9 Å². The van der Waals surface area contributed by atoms with Crippen molar-refractivity contribution in [1.29, 1.82) is 0 Å². The Hall–Kier alpha value is -1.51. The first-order valence-electron chi connectivity index (χ1n) is 31.2. The van der Waals surface area contributed by atoms with Gasteiger partial charge in [0, 0.05) is 12.8 Å². The average Bonchev–Trinajstić information content (AvgIpc) is 3.34. The number of quaternary nitrogens is 1. The van der Waals surface area contributed by atoms with E-state index in [1.807, 2.05) is 33.3 Å². The second-order valence-electron chi connectivity index (χ2n) is 22.6. The van der Waals surface area contributed by atoms with Crippen molar-refractivity contribution in [2.45, 2.75) is 322 Å². The fourth-order valence-electron chi connectivity index (χ4n) is 9.29. The first-order chi connectivity index (χ1) is 34.9. The Morgan fingerprint density at radius 3 is 1.19 bits per heavy atom. The maximum absolute atomic E-state index is 13.5. The molecule has 1 amide bonds. The SMILES string of the molecule is CCCCCCCCC/C=C\CCCCCC(=O)OC(/C=C/CCCCCCCCCCC)C(COP(=O)(O)OCC[N+](C)(C)C)NC(=O)CCCCCCCCCCCCCCCCCCCCCCC. The van der Waals surface area contributed by atoms with Crippen LogP contribution in [-0.4, -0.2) is 74.3 Å². The maximum Gasteiger partial charge on any atom is 0.472 e. The zero-order valence-corrected chi connectivity index (χ0v) is 49.6. The lowest BCUT2D eigenvalue weighted by Crippen LogP contribution is -2.47. The number of unbranched alkanes of at least 4 members (excludes halogenated alkanes) is 39. The molecule has 72 heavy (non-hydrogen) atoms. The van der Waals surface area contributed by atoms with E-state index in [-0.39, 0.29) is 31.5 Å². The molecule has 0 rings (SSSR count). The molecule has 0 heterocycles. The van der Waals surface area contributed by atoms with E-state index in [9.17, 15) is 19.0 Å². The fourth-order valence-corrected chi connectivity index (χ4v) is 10.0. The number of esters is 1. The molecule has 3 unspecified atom stereocenters. The van der Waals surface area contributed by atoms with Gasteiger partial charge in [0.2, 0.25) is 5.91 Å². The van der Waals surface area contributed by atoms with Crippen molar-refractivity contribution >= 4 is 19.7 Å². The van der Waals surface area contributed by atoms with Crippen molar-refractivity contribution in [3.63, 3.8) is 0 Å². The van der Waals surface area contributed by atoms with Crippen LogP contribution in [0.1, 0.15) is 310 Å². The van der Waals surface area contributed by atoms with Crippen molar-refractivity contribution in [2.24, 2.45) is 0 Å². The molecule has 0 aromatic carbocycles. The minimum Gasteiger partial charge on any atom is -0.456 e. The molecule has 0 bridgehead atoms. The van der Waals surface area contributed by atoms with Crippen molar-refractivity contribution in [3.05, 3.63) is 24.3 Å². The third kappa shape index (κ3) is 53.3. The molecular weight excluding hydrogens is 916 g/mol. The zero-order valence-electron chi connectivity index (χ0n) is 48.7. The summed E-state index contributed by atoms with van der Waals surface area (Å²) in [7, 11) is 1.50. The van der Waals surface area contributed by atoms with Crippen LogP contribution in [0.25, 0.3) is 0 Å². The van der Waals surface area contributed by atoms with Crippen LogP contribution in [0.15, 0.2) is 24.3 Å². The van der Waals surface area contributed by atoms with Gasteiger partial charge in [0.05, 0.1) is 33.8 Å². The number of ether oxygens (including phenoxy) is 1. The monoisotopic (exact) mass is 1040 g/mol. The second kappa shape index (κ2) is 52.9. The summed E-state index contributed by atoms with van der Waals surface area (Å²) in [6, 6.07) is -0.848. The lowest BCUT2D eigenvalue weighted by atomic mass is 10.0. The Morgan fingerprint density at radius 2 is 0.806 bits per heavy atom. The van der Waals surface area contributed by atoms with E-state index >= 15 is 0 Å². The minimum absolute atomic E-state index is 0.0415. The first-order valence-corrected chi connectivity index (χ1v) is 32.7. The third-order valence-corrected chi connectivity index (χ3v) is 15.1. The van der Waals surface area contributed by atoms with Gasteiger partial charge in [-0.1, -0.05) is 264 Å². The van der Waals surface area contributed by atoms with Crippen LogP contribution >= 0.6 is 7.82 Å². The average molecular weight is 1040 g/mol. The van der Waals surface area contributed by atoms with E-state index < -0.39 is 20.0 Å². The van der Waals surface area contributed by atoms with E-state index in [4.69, 9.17) is 13.8 Å². The van der Waals surface area contributed by atoms with Crippen LogP contribution in [0.5, 0.6) is 0 Å². The van der Waals surface area contributed by atoms with Crippen LogP contribution in [0.4, 0.5) is 0 Å². The summed E-state index contributed by atoms with van der Waals surface area (Å²) in [5, 5.41) is 3.06. The molecule has 0 saturated heterocycles. The Bertz CT molecular complexity index is 1290. The molecule has 0 radical (unpaired) electrons. The van der Waals surface area contributed by atoms with E-state index in [0.717, 1.165) is 70.6 Å². The van der Waals surface area contributed by atoms with Crippen LogP contribution in [-0.2, 0) is 27.9 Å². The van der Waals surface area contributed by atoms with Gasteiger partial charge in [0.1, 0.15) is 19.3 Å². The molecule has 0 aromatic heterocycles. The summed E-state index contributed by atoms with van der Waals surface area (Å²) in [6.45, 7) is 7.03. The zero-order chi connectivity index (χ0) is 52.9. The third-order valence-electron chi connectivity index (χ3n) is 14.1. The topological polar surface area (TPSA) is 111 Å². The number of rotatable bonds is 57. The molecule has 0 aliphatic carbocycles. The van der Waals surface area contributed by atoms with Crippen LogP contribution < -0.4 is 5.32 Å². The number of hydrogen-bond donors (Lipinski definition) is 2. The molecule has 0 aromatic rings. The smallest absolute Gasteiger partial charge is 0.456 e. The van der Waals surface area contributed by atoms with Crippen molar-refractivity contribution in [1.82, 2.24) is 5.32 Å². The number of phosphoric acid groups is 1. The standard InChI is InChI=1S/C62H121N2O7P/c1-7-10-13-16-19-22-25-27-29-30-31-32-33-34-35-36-39-42-45-48-51-54-61(65)63-59(58-70-72(67,68)69-57-56-64(4,5)6)60(53-50-47-44-41-38-24-21-18-15-12-9-3)71-62(66)55-52-49-46-43-40-37-28-26-23-20-17-14-11-8-2/h37,40,50,53,59-60H,7-36,38-39,41-49,51-52,54-58H2,1-6H3,(H-,63,65,67,68)/p+1/b40-37-,53-50+. The number of hydrogen-bond acceptors (Lipinski definition) is 6. The largest absolute Gasteiger partial charge is 0.472 e. The lowest BCUT2D eigenvalue weighted by molar-refractivity contribution is -0.870. The number of phosphoric ester groups is 1. The highest BCUT2D eigenvalue weighted by atomic mass is 31.2. The van der Waals surface area contributed by atoms with Gasteiger partial charge in [-0.3, -0.25) is 18.6 Å². The Kier molecular flexibility index (Phi) is 51.8. The predicted octanol–water partition coefficient (Wildman–Crippen LogP) is 18.9. The van der Waals surface area contributed by atoms with Gasteiger partial charge in [0.25, 0.3) is 0 Å². The Labute approximate surface area is 447 Å². The molecule has 426 valence electrons. The number of amides is 1. The van der Waals surface area contributed by atoms with Gasteiger partial charge in [-0.05, 0) is 57.4 Å². The van der Waals surface area contributed by atoms with Crippen molar-refractivity contribution in [3.8, 4) is 0 Å². The highest BCUT2D eigenvalue weighted by Crippen LogP contribution is 2.43. The molecule has 0 spiro atoms. The molecule has 10 heteroatoms. The summed E-state index contributed by atoms with van der Waals surface area (Å²) in [4.78, 5) is 37.6. The summed E-state index contributed by atoms with van der Waals surface area (Å²) in [5.74, 6) is -0.509. The quantitative estimate of drug-likeness (QED) is 0.0205. The van der Waals surface area contributed by atoms with Crippen LogP contribution in [0.3, 0.4) is 0 Å². The normalized spacial score (nSPS) is 13.8. The number of nitrogens with zero attached hydrogens (tertiary/aromatic N) is 1. The Morgan fingerprint density at radius 1 is 0.472 bits per heavy atom. The fraction of sp³-hybridized carbons (Fsp3) is 0.903. The first kappa shape index (κ1) is 70.5. The molecule has 0 aliphatic heterocycles. The van der Waals surface area contributed by atoms with Gasteiger partial charge >= 0.3 is 13.8 Å². The molecule has 0 aliphatic rings. The summed E-state index contributed by atoms with van der Waals surface area (Å²) < 4.78 is 30.6. The number of carbonyl (C=O) groups is 2. The minimum atomic E-state index is -4.44. The van der Waals surface area contributed by atoms with E-state index in [1.54, 1.807) is 0 Å². The molecule has 9 nitrogen and oxygen atoms in total. The number of allylic oxidation sites excluding steroid dienone is 3. The summed E-state index contributed by atoms with van der Waals surface area (Å²) >= 11 is 0. The molecule has 0 fully saturated rings. The lowest BCUT2D eigenvalue weighted by Gasteiger charge is -2.27. The summed E-state index contributed by atoms with van der Waals surface area (Å²) in [6.07, 6.45) is 61.8. The number of carbonyl (C=O) groups excluding carboxylic acids is 2. The highest BCUT2D eigenvalue weighted by Gasteiger charge is 2.30. The molecular formula is C62H122N2O7P+. The molecule has 3 atom stereocenters. The number of nitrogens with one attached hydrogen (secondary N) is 1. The van der Waals surface area contributed by atoms with Gasteiger partial charge < -0.3 is 19.4 Å².